The van der Waals surface area contributed by atoms with Gasteiger partial charge in [-0.2, -0.15) is 5.10 Å². The zero-order valence-corrected chi connectivity index (χ0v) is 22.0. The maximum atomic E-state index is 13.5. The van der Waals surface area contributed by atoms with Gasteiger partial charge >= 0.3 is 0 Å². The number of fused-ring (bicyclic) bond motifs is 1. The number of aryl methyl sites for hydroxylation is 3. The van der Waals surface area contributed by atoms with E-state index in [2.05, 4.69) is 15.4 Å². The number of hydrogen-bond acceptors (Lipinski definition) is 5. The second-order valence-electron chi connectivity index (χ2n) is 10.8. The molecule has 2 saturated carbocycles. The third-order valence-corrected chi connectivity index (χ3v) is 8.30. The largest absolute Gasteiger partial charge is 0.393 e. The quantitative estimate of drug-likeness (QED) is 0.423. The number of nitrogens with one attached hydrogen (secondary N) is 1. The van der Waals surface area contributed by atoms with Gasteiger partial charge in [0.25, 0.3) is 5.91 Å². The fourth-order valence-electron chi connectivity index (χ4n) is 6.32. The molecule has 3 aromatic rings. The molecule has 5 rings (SSSR count). The van der Waals surface area contributed by atoms with Crippen LogP contribution < -0.4 is 5.32 Å². The molecule has 3 N–H and O–H groups in total. The zero-order valence-electron chi connectivity index (χ0n) is 21.3. The fourth-order valence-corrected chi connectivity index (χ4v) is 6.50. The van der Waals surface area contributed by atoms with Crippen molar-refractivity contribution < 1.29 is 19.4 Å². The van der Waals surface area contributed by atoms with Gasteiger partial charge in [-0.05, 0) is 81.5 Å². The number of hydrogen-bond donors (Lipinski definition) is 3. The monoisotopic (exact) mass is 529 g/mol. The van der Waals surface area contributed by atoms with Gasteiger partial charge in [-0.15, -0.1) is 0 Å². The van der Waals surface area contributed by atoms with E-state index in [9.17, 15) is 19.4 Å². The Bertz CT molecular complexity index is 1310. The Balaban J connectivity index is 1.29. The Labute approximate surface area is 220 Å². The molecule has 0 bridgehead atoms. The highest BCUT2D eigenvalue weighted by Crippen LogP contribution is 2.56. The van der Waals surface area contributed by atoms with Crippen molar-refractivity contribution in [2.24, 2.45) is 25.9 Å². The van der Waals surface area contributed by atoms with Gasteiger partial charge in [-0.3, -0.25) is 9.48 Å². The third-order valence-electron chi connectivity index (χ3n) is 8.01. The van der Waals surface area contributed by atoms with Gasteiger partial charge < -0.3 is 20.1 Å². The maximum Gasteiger partial charge on any atom is 0.274 e. The molecular formula is C27H33ClFN5O3. The molecule has 198 valence electrons. The predicted octanol–water partition coefficient (Wildman–Crippen LogP) is 4.30. The summed E-state index contributed by atoms with van der Waals surface area (Å²) in [4.78, 5) is 17.8. The number of imidazole rings is 1. The van der Waals surface area contributed by atoms with Crippen LogP contribution in [0.15, 0.2) is 30.6 Å². The number of halogens is 2. The van der Waals surface area contributed by atoms with E-state index in [1.807, 2.05) is 13.1 Å². The summed E-state index contributed by atoms with van der Waals surface area (Å²) in [5.74, 6) is -0.1000. The number of anilines is 1. The van der Waals surface area contributed by atoms with Gasteiger partial charge in [0.1, 0.15) is 17.1 Å². The lowest BCUT2D eigenvalue weighted by molar-refractivity contribution is 0.0263. The first-order chi connectivity index (χ1) is 17.5. The molecule has 1 amide bonds. The van der Waals surface area contributed by atoms with Crippen molar-refractivity contribution in [3.63, 3.8) is 0 Å². The zero-order chi connectivity index (χ0) is 26.5. The van der Waals surface area contributed by atoms with Crippen LogP contribution in [0.2, 0.25) is 5.02 Å². The Morgan fingerprint density at radius 3 is 2.62 bits per heavy atom. The van der Waals surface area contributed by atoms with E-state index in [0.717, 1.165) is 29.9 Å². The van der Waals surface area contributed by atoms with E-state index in [0.29, 0.717) is 48.9 Å². The molecule has 8 nitrogen and oxygen atoms in total. The van der Waals surface area contributed by atoms with Crippen molar-refractivity contribution in [3.8, 4) is 0 Å². The van der Waals surface area contributed by atoms with Crippen LogP contribution in [0.4, 0.5) is 10.1 Å². The van der Waals surface area contributed by atoms with E-state index >= 15 is 0 Å². The summed E-state index contributed by atoms with van der Waals surface area (Å²) >= 11 is 5.87. The summed E-state index contributed by atoms with van der Waals surface area (Å²) in [5, 5.41) is 28.5. The predicted molar refractivity (Wildman–Crippen MR) is 138 cm³/mol. The second-order valence-corrected chi connectivity index (χ2v) is 11.2. The summed E-state index contributed by atoms with van der Waals surface area (Å²) in [6.07, 6.45) is 5.55. The van der Waals surface area contributed by atoms with E-state index in [1.165, 1.54) is 18.2 Å². The van der Waals surface area contributed by atoms with Crippen LogP contribution in [0.1, 0.15) is 72.5 Å². The van der Waals surface area contributed by atoms with Crippen molar-refractivity contribution >= 4 is 23.2 Å². The Morgan fingerprint density at radius 1 is 1.27 bits per heavy atom. The molecule has 37 heavy (non-hydrogen) atoms. The van der Waals surface area contributed by atoms with E-state index < -0.39 is 11.4 Å². The summed E-state index contributed by atoms with van der Waals surface area (Å²) in [6, 6.07) is 6.06. The van der Waals surface area contributed by atoms with E-state index in [-0.39, 0.29) is 23.0 Å². The van der Waals surface area contributed by atoms with Gasteiger partial charge in [0.15, 0.2) is 0 Å². The lowest BCUT2D eigenvalue weighted by Gasteiger charge is -2.25. The third kappa shape index (κ3) is 5.04. The highest BCUT2D eigenvalue weighted by atomic mass is 35.5. The fraction of sp³-hybridized carbons (Fsp3) is 0.519. The smallest absolute Gasteiger partial charge is 0.274 e. The molecule has 2 aliphatic rings. The molecule has 3 atom stereocenters. The number of benzene rings is 1. The molecule has 0 saturated heterocycles. The van der Waals surface area contributed by atoms with Crippen LogP contribution >= 0.6 is 11.6 Å². The topological polar surface area (TPSA) is 105 Å². The van der Waals surface area contributed by atoms with Crippen molar-refractivity contribution in [1.82, 2.24) is 19.3 Å². The van der Waals surface area contributed by atoms with Crippen LogP contribution in [0.25, 0.3) is 0 Å². The van der Waals surface area contributed by atoms with Crippen molar-refractivity contribution in [1.29, 1.82) is 0 Å². The minimum Gasteiger partial charge on any atom is -0.393 e. The Kier molecular flexibility index (Phi) is 6.89. The summed E-state index contributed by atoms with van der Waals surface area (Å²) in [6.45, 7) is 1.76. The van der Waals surface area contributed by atoms with E-state index in [4.69, 9.17) is 11.6 Å². The van der Waals surface area contributed by atoms with Gasteiger partial charge in [0.2, 0.25) is 0 Å². The van der Waals surface area contributed by atoms with Crippen LogP contribution in [0, 0.1) is 17.7 Å². The normalized spacial score (nSPS) is 25.9. The number of nitrogens with zero attached hydrogens (tertiary/aromatic N) is 4. The molecule has 3 unspecified atom stereocenters. The van der Waals surface area contributed by atoms with Crippen molar-refractivity contribution in [2.45, 2.75) is 63.1 Å². The molecule has 0 spiro atoms. The standard InChI is InChI=1S/C27H33ClFN5O3/c1-15(35)4-5-20-11-23(34(3)32-20)27(37)12-17-8-16(9-18(17)13-27)24-25(33(2)14-30-24)26(36)31-19-6-7-22(29)21(28)10-19/h6-7,10-11,14-18,35,37H,4-5,8-9,12-13H2,1-3H3,(H,31,36). The number of rotatable bonds is 7. The van der Waals surface area contributed by atoms with Crippen LogP contribution in [-0.2, 0) is 26.1 Å². The maximum absolute atomic E-state index is 13.5. The summed E-state index contributed by atoms with van der Waals surface area (Å²) in [5.41, 5.74) is 2.43. The molecule has 2 aromatic heterocycles. The Hall–Kier alpha value is -2.75. The Morgan fingerprint density at radius 2 is 1.97 bits per heavy atom. The van der Waals surface area contributed by atoms with Crippen molar-refractivity contribution in [3.05, 3.63) is 64.2 Å². The lowest BCUT2D eigenvalue weighted by atomic mass is 9.90. The number of aliphatic hydroxyl groups excluding tert-OH is 1. The second kappa shape index (κ2) is 9.85. The number of carbonyl (C=O) groups excluding carboxylic acids is 1. The molecule has 2 aliphatic carbocycles. The van der Waals surface area contributed by atoms with Crippen LogP contribution in [-0.4, -0.2) is 41.6 Å². The molecule has 0 aliphatic heterocycles. The van der Waals surface area contributed by atoms with Gasteiger partial charge in [0, 0.05) is 25.7 Å². The van der Waals surface area contributed by atoms with E-state index in [1.54, 1.807) is 29.5 Å². The van der Waals surface area contributed by atoms with Crippen LogP contribution in [0.5, 0.6) is 0 Å². The highest BCUT2D eigenvalue weighted by molar-refractivity contribution is 6.31. The highest BCUT2D eigenvalue weighted by Gasteiger charge is 2.51. The van der Waals surface area contributed by atoms with Crippen molar-refractivity contribution in [2.75, 3.05) is 5.32 Å². The molecular weight excluding hydrogens is 497 g/mol. The van der Waals surface area contributed by atoms with Gasteiger partial charge in [-0.25, -0.2) is 9.37 Å². The lowest BCUT2D eigenvalue weighted by Crippen LogP contribution is -2.26. The molecule has 10 heteroatoms. The molecule has 1 aromatic carbocycles. The number of aromatic nitrogens is 4. The minimum atomic E-state index is -0.933. The summed E-state index contributed by atoms with van der Waals surface area (Å²) in [7, 11) is 3.65. The first-order valence-corrected chi connectivity index (χ1v) is 13.1. The molecule has 0 radical (unpaired) electrons. The molecule has 2 fully saturated rings. The van der Waals surface area contributed by atoms with Gasteiger partial charge in [0.05, 0.1) is 34.5 Å². The minimum absolute atomic E-state index is 0.0531. The average Bonchev–Trinajstić information content (AvgIpc) is 3.56. The van der Waals surface area contributed by atoms with Crippen LogP contribution in [0.3, 0.4) is 0 Å². The summed E-state index contributed by atoms with van der Waals surface area (Å²) < 4.78 is 17.0. The first-order valence-electron chi connectivity index (χ1n) is 12.8. The van der Waals surface area contributed by atoms with Gasteiger partial charge in [-0.1, -0.05) is 11.6 Å². The first kappa shape index (κ1) is 25.9. The number of carbonyl (C=O) groups is 1. The number of amides is 1. The number of aliphatic hydroxyl groups is 2. The molecule has 2 heterocycles. The SMILES string of the molecule is CC(O)CCc1cc(C2(O)CC3CC(c4ncn(C)c4C(=O)Nc4ccc(F)c(Cl)c4)CC3C2)n(C)n1. The average molecular weight is 530 g/mol.